The van der Waals surface area contributed by atoms with Crippen LogP contribution in [0.4, 0.5) is 0 Å². The van der Waals surface area contributed by atoms with Crippen LogP contribution in [-0.4, -0.2) is 5.71 Å². The van der Waals surface area contributed by atoms with E-state index < -0.39 is 0 Å². The van der Waals surface area contributed by atoms with Gasteiger partial charge in [0.05, 0.1) is 0 Å². The maximum atomic E-state index is 9.94. The highest BCUT2D eigenvalue weighted by molar-refractivity contribution is 5.81. The van der Waals surface area contributed by atoms with Crippen molar-refractivity contribution in [2.24, 2.45) is 5.16 Å². The van der Waals surface area contributed by atoms with Crippen LogP contribution in [0.3, 0.4) is 0 Å². The molecule has 0 aromatic carbocycles. The molecule has 0 saturated carbocycles. The van der Waals surface area contributed by atoms with Gasteiger partial charge in [0, 0.05) is 5.71 Å². The zero-order valence-electron chi connectivity index (χ0n) is 7.60. The molecule has 0 bridgehead atoms. The van der Waals surface area contributed by atoms with Crippen LogP contribution in [0, 0.1) is 5.21 Å². The lowest BCUT2D eigenvalue weighted by atomic mass is 10.1. The number of hydrogen-bond acceptors (Lipinski definition) is 2. The summed E-state index contributed by atoms with van der Waals surface area (Å²) in [6.45, 7) is 4.00. The number of hydrogen-bond donors (Lipinski definition) is 0. The molecular formula is C9H18NO-. The molecule has 0 rings (SSSR count). The third kappa shape index (κ3) is 7.37. The first-order valence-electron chi connectivity index (χ1n) is 4.47. The quantitative estimate of drug-likeness (QED) is 0.330. The van der Waals surface area contributed by atoms with Crippen molar-refractivity contribution in [2.75, 3.05) is 0 Å². The second kappa shape index (κ2) is 7.58. The molecule has 0 aliphatic carbocycles. The van der Waals surface area contributed by atoms with Crippen LogP contribution in [-0.2, 0) is 0 Å². The molecule has 0 aromatic heterocycles. The van der Waals surface area contributed by atoms with Crippen LogP contribution >= 0.6 is 0 Å². The molecule has 0 saturated heterocycles. The highest BCUT2D eigenvalue weighted by atomic mass is 16.4. The van der Waals surface area contributed by atoms with Crippen molar-refractivity contribution in [1.82, 2.24) is 0 Å². The van der Waals surface area contributed by atoms with Crippen LogP contribution in [0.15, 0.2) is 5.16 Å². The zero-order valence-corrected chi connectivity index (χ0v) is 7.60. The lowest BCUT2D eigenvalue weighted by Crippen LogP contribution is -1.89. The molecule has 0 N–H and O–H groups in total. The SMILES string of the molecule is CCCCCCCC(C)=N[O-]. The van der Waals surface area contributed by atoms with Gasteiger partial charge in [-0.1, -0.05) is 32.6 Å². The van der Waals surface area contributed by atoms with Gasteiger partial charge >= 0.3 is 0 Å². The van der Waals surface area contributed by atoms with E-state index in [9.17, 15) is 5.21 Å². The van der Waals surface area contributed by atoms with Crippen molar-refractivity contribution < 1.29 is 0 Å². The van der Waals surface area contributed by atoms with Gasteiger partial charge in [0.2, 0.25) is 0 Å². The van der Waals surface area contributed by atoms with E-state index in [0.717, 1.165) is 18.6 Å². The Balaban J connectivity index is 3.02. The molecule has 0 aliphatic rings. The van der Waals surface area contributed by atoms with Crippen molar-refractivity contribution in [2.45, 2.75) is 52.4 Å². The van der Waals surface area contributed by atoms with Crippen LogP contribution in [0.5, 0.6) is 0 Å². The summed E-state index contributed by atoms with van der Waals surface area (Å²) in [7, 11) is 0. The van der Waals surface area contributed by atoms with Crippen molar-refractivity contribution in [3.05, 3.63) is 5.21 Å². The summed E-state index contributed by atoms with van der Waals surface area (Å²) in [5, 5.41) is 12.8. The average molecular weight is 156 g/mol. The number of nitrogens with zero attached hydrogens (tertiary/aromatic N) is 1. The van der Waals surface area contributed by atoms with Gasteiger partial charge < -0.3 is 10.4 Å². The molecule has 66 valence electrons. The summed E-state index contributed by atoms with van der Waals surface area (Å²) < 4.78 is 0. The zero-order chi connectivity index (χ0) is 8.53. The van der Waals surface area contributed by atoms with Gasteiger partial charge in [0.1, 0.15) is 0 Å². The van der Waals surface area contributed by atoms with E-state index in [-0.39, 0.29) is 0 Å². The molecule has 0 spiro atoms. The first kappa shape index (κ1) is 10.5. The predicted molar refractivity (Wildman–Crippen MR) is 49.9 cm³/mol. The Morgan fingerprint density at radius 1 is 1.18 bits per heavy atom. The Morgan fingerprint density at radius 3 is 2.36 bits per heavy atom. The standard InChI is InChI=1S/C9H19NO/c1-3-4-5-6-7-8-9(2)10-11/h11H,3-8H2,1-2H3/p-1. The van der Waals surface area contributed by atoms with Gasteiger partial charge in [0.15, 0.2) is 0 Å². The Bertz CT molecular complexity index is 110. The fourth-order valence-corrected chi connectivity index (χ4v) is 1.03. The highest BCUT2D eigenvalue weighted by Gasteiger charge is 1.90. The molecule has 0 aliphatic heterocycles. The minimum atomic E-state index is 0.737. The van der Waals surface area contributed by atoms with E-state index in [0.29, 0.717) is 0 Å². The molecule has 0 fully saturated rings. The normalized spacial score (nSPS) is 12.0. The Labute approximate surface area is 69.3 Å². The van der Waals surface area contributed by atoms with E-state index >= 15 is 0 Å². The van der Waals surface area contributed by atoms with E-state index in [1.54, 1.807) is 6.92 Å². The minimum absolute atomic E-state index is 0.737. The van der Waals surface area contributed by atoms with Crippen LogP contribution in [0.25, 0.3) is 0 Å². The molecule has 0 radical (unpaired) electrons. The second-order valence-electron chi connectivity index (χ2n) is 2.99. The fourth-order valence-electron chi connectivity index (χ4n) is 1.03. The van der Waals surface area contributed by atoms with Gasteiger partial charge in [-0.3, -0.25) is 0 Å². The summed E-state index contributed by atoms with van der Waals surface area (Å²) in [5.41, 5.74) is 0.737. The number of rotatable bonds is 6. The van der Waals surface area contributed by atoms with Crippen LogP contribution in [0.1, 0.15) is 52.4 Å². The van der Waals surface area contributed by atoms with Crippen molar-refractivity contribution >= 4 is 5.71 Å². The lowest BCUT2D eigenvalue weighted by Gasteiger charge is -2.01. The average Bonchev–Trinajstić information content (AvgIpc) is 2.04. The first-order chi connectivity index (χ1) is 5.31. The van der Waals surface area contributed by atoms with Crippen molar-refractivity contribution in [1.29, 1.82) is 0 Å². The maximum absolute atomic E-state index is 9.94. The molecule has 0 heterocycles. The Kier molecular flexibility index (Phi) is 7.21. The third-order valence-corrected chi connectivity index (χ3v) is 1.80. The fraction of sp³-hybridized carbons (Fsp3) is 0.889. The summed E-state index contributed by atoms with van der Waals surface area (Å²) in [4.78, 5) is 0. The molecule has 2 nitrogen and oxygen atoms in total. The van der Waals surface area contributed by atoms with Crippen LogP contribution < -0.4 is 0 Å². The van der Waals surface area contributed by atoms with Gasteiger partial charge in [-0.05, 0) is 19.8 Å². The van der Waals surface area contributed by atoms with E-state index in [1.807, 2.05) is 0 Å². The van der Waals surface area contributed by atoms with E-state index in [2.05, 4.69) is 12.1 Å². The monoisotopic (exact) mass is 156 g/mol. The molecular weight excluding hydrogens is 138 g/mol. The first-order valence-corrected chi connectivity index (χ1v) is 4.47. The van der Waals surface area contributed by atoms with Gasteiger partial charge in [0.25, 0.3) is 0 Å². The second-order valence-corrected chi connectivity index (χ2v) is 2.99. The summed E-state index contributed by atoms with van der Waals surface area (Å²) >= 11 is 0. The highest BCUT2D eigenvalue weighted by Crippen LogP contribution is 2.05. The minimum Gasteiger partial charge on any atom is -0.792 e. The van der Waals surface area contributed by atoms with Gasteiger partial charge in [-0.2, -0.15) is 0 Å². The number of unbranched alkanes of at least 4 members (excludes halogenated alkanes) is 4. The van der Waals surface area contributed by atoms with Crippen molar-refractivity contribution in [3.8, 4) is 0 Å². The molecule has 0 amide bonds. The largest absolute Gasteiger partial charge is 0.792 e. The summed E-state index contributed by atoms with van der Waals surface area (Å²) in [6, 6.07) is 0. The summed E-state index contributed by atoms with van der Waals surface area (Å²) in [5.74, 6) is 0. The van der Waals surface area contributed by atoms with Crippen molar-refractivity contribution in [3.63, 3.8) is 0 Å². The molecule has 11 heavy (non-hydrogen) atoms. The smallest absolute Gasteiger partial charge is 0.00376 e. The summed E-state index contributed by atoms with van der Waals surface area (Å²) in [6.07, 6.45) is 7.12. The Hall–Kier alpha value is -0.530. The molecule has 0 unspecified atom stereocenters. The van der Waals surface area contributed by atoms with Gasteiger partial charge in [-0.15, -0.1) is 0 Å². The predicted octanol–water partition coefficient (Wildman–Crippen LogP) is 3.31. The third-order valence-electron chi connectivity index (χ3n) is 1.80. The molecule has 2 heteroatoms. The molecule has 0 aromatic rings. The molecule has 0 atom stereocenters. The van der Waals surface area contributed by atoms with E-state index in [4.69, 9.17) is 0 Å². The van der Waals surface area contributed by atoms with E-state index in [1.165, 1.54) is 25.7 Å². The van der Waals surface area contributed by atoms with Gasteiger partial charge in [-0.25, -0.2) is 0 Å². The lowest BCUT2D eigenvalue weighted by molar-refractivity contribution is 0.643. The van der Waals surface area contributed by atoms with Crippen LogP contribution in [0.2, 0.25) is 0 Å². The Morgan fingerprint density at radius 2 is 1.82 bits per heavy atom. The topological polar surface area (TPSA) is 35.4 Å². The maximum Gasteiger partial charge on any atom is 0.00376 e.